The Balaban J connectivity index is 1.78. The molecule has 24 heavy (non-hydrogen) atoms. The fourth-order valence-electron chi connectivity index (χ4n) is 2.61. The monoisotopic (exact) mass is 334 g/mol. The molecule has 1 aromatic carbocycles. The number of nitrogens with one attached hydrogen (secondary N) is 1. The van der Waals surface area contributed by atoms with Gasteiger partial charge in [-0.1, -0.05) is 18.2 Å². The smallest absolute Gasteiger partial charge is 0.305 e. The third-order valence-electron chi connectivity index (χ3n) is 3.89. The van der Waals surface area contributed by atoms with Gasteiger partial charge in [-0.3, -0.25) is 14.4 Å². The number of carboxylic acids is 1. The molecule has 1 atom stereocenters. The summed E-state index contributed by atoms with van der Waals surface area (Å²) in [7, 11) is 0. The maximum Gasteiger partial charge on any atom is 0.305 e. The molecule has 2 N–H and O–H groups in total. The number of carbonyl (C=O) groups excluding carboxylic acids is 2. The number of likely N-dealkylation sites (tertiary alicyclic amines) is 1. The number of rotatable bonds is 7. The zero-order valence-electron chi connectivity index (χ0n) is 13.4. The van der Waals surface area contributed by atoms with Gasteiger partial charge < -0.3 is 20.1 Å². The van der Waals surface area contributed by atoms with Gasteiger partial charge in [-0.05, 0) is 25.0 Å². The predicted molar refractivity (Wildman–Crippen MR) is 86.5 cm³/mol. The Labute approximate surface area is 140 Å². The van der Waals surface area contributed by atoms with E-state index in [1.165, 1.54) is 0 Å². The minimum Gasteiger partial charge on any atom is -0.484 e. The number of ether oxygens (including phenoxy) is 1. The lowest BCUT2D eigenvalue weighted by atomic mass is 9.97. The molecule has 0 aromatic heterocycles. The molecule has 2 rings (SSSR count). The average Bonchev–Trinajstić information content (AvgIpc) is 2.60. The number of benzene rings is 1. The Morgan fingerprint density at radius 2 is 2.00 bits per heavy atom. The van der Waals surface area contributed by atoms with Crippen LogP contribution < -0.4 is 10.1 Å². The second-order valence-electron chi connectivity index (χ2n) is 5.72. The van der Waals surface area contributed by atoms with E-state index >= 15 is 0 Å². The summed E-state index contributed by atoms with van der Waals surface area (Å²) in [6.45, 7) is 0.999. The third-order valence-corrected chi connectivity index (χ3v) is 3.89. The van der Waals surface area contributed by atoms with E-state index in [2.05, 4.69) is 5.32 Å². The van der Waals surface area contributed by atoms with Gasteiger partial charge in [0, 0.05) is 19.6 Å². The molecule has 0 aliphatic carbocycles. The predicted octanol–water partition coefficient (Wildman–Crippen LogP) is 0.895. The molecule has 1 fully saturated rings. The number of para-hydroxylation sites is 1. The van der Waals surface area contributed by atoms with E-state index in [-0.39, 0.29) is 37.3 Å². The van der Waals surface area contributed by atoms with E-state index in [9.17, 15) is 14.4 Å². The number of piperidine rings is 1. The number of nitrogens with zero attached hydrogens (tertiary/aromatic N) is 1. The molecule has 0 radical (unpaired) electrons. The number of aliphatic carboxylic acids is 1. The normalized spacial score (nSPS) is 17.2. The Kier molecular flexibility index (Phi) is 6.60. The van der Waals surface area contributed by atoms with Gasteiger partial charge in [-0.2, -0.15) is 0 Å². The van der Waals surface area contributed by atoms with Crippen molar-refractivity contribution in [2.24, 2.45) is 5.92 Å². The van der Waals surface area contributed by atoms with Crippen LogP contribution in [0.15, 0.2) is 30.3 Å². The molecular formula is C17H22N2O5. The largest absolute Gasteiger partial charge is 0.484 e. The zero-order valence-corrected chi connectivity index (χ0v) is 13.4. The maximum absolute atomic E-state index is 12.2. The summed E-state index contributed by atoms with van der Waals surface area (Å²) in [6.07, 6.45) is 1.34. The van der Waals surface area contributed by atoms with E-state index in [0.29, 0.717) is 25.3 Å². The first-order valence-electron chi connectivity index (χ1n) is 8.01. The summed E-state index contributed by atoms with van der Waals surface area (Å²) in [4.78, 5) is 36.4. The van der Waals surface area contributed by atoms with Crippen molar-refractivity contribution < 1.29 is 24.2 Å². The second kappa shape index (κ2) is 8.90. The number of carboxylic acid groups (broad SMARTS) is 1. The molecule has 7 heteroatoms. The van der Waals surface area contributed by atoms with Crippen molar-refractivity contribution in [3.63, 3.8) is 0 Å². The zero-order chi connectivity index (χ0) is 17.4. The van der Waals surface area contributed by atoms with Crippen molar-refractivity contribution in [3.05, 3.63) is 30.3 Å². The summed E-state index contributed by atoms with van der Waals surface area (Å²) in [5, 5.41) is 11.2. The fourth-order valence-corrected chi connectivity index (χ4v) is 2.61. The lowest BCUT2D eigenvalue weighted by Gasteiger charge is -2.32. The van der Waals surface area contributed by atoms with Crippen molar-refractivity contribution in [1.29, 1.82) is 0 Å². The number of hydrogen-bond acceptors (Lipinski definition) is 4. The molecule has 2 amide bonds. The van der Waals surface area contributed by atoms with Crippen LogP contribution in [0.2, 0.25) is 0 Å². The Morgan fingerprint density at radius 1 is 1.25 bits per heavy atom. The van der Waals surface area contributed by atoms with E-state index in [4.69, 9.17) is 9.84 Å². The summed E-state index contributed by atoms with van der Waals surface area (Å²) in [5.41, 5.74) is 0. The van der Waals surface area contributed by atoms with Crippen molar-refractivity contribution in [2.45, 2.75) is 19.3 Å². The van der Waals surface area contributed by atoms with Crippen LogP contribution in [-0.2, 0) is 14.4 Å². The van der Waals surface area contributed by atoms with E-state index in [1.807, 2.05) is 18.2 Å². The topological polar surface area (TPSA) is 95.9 Å². The number of carbonyl (C=O) groups is 3. The number of hydrogen-bond donors (Lipinski definition) is 2. The van der Waals surface area contributed by atoms with Gasteiger partial charge in [0.05, 0.1) is 12.3 Å². The molecule has 7 nitrogen and oxygen atoms in total. The Morgan fingerprint density at radius 3 is 2.71 bits per heavy atom. The van der Waals surface area contributed by atoms with Crippen LogP contribution in [0.25, 0.3) is 0 Å². The molecule has 0 saturated carbocycles. The minimum atomic E-state index is -0.950. The van der Waals surface area contributed by atoms with Crippen molar-refractivity contribution in [3.8, 4) is 5.75 Å². The molecule has 0 spiro atoms. The van der Waals surface area contributed by atoms with Crippen LogP contribution in [0.1, 0.15) is 19.3 Å². The van der Waals surface area contributed by atoms with Crippen LogP contribution in [-0.4, -0.2) is 54.0 Å². The highest BCUT2D eigenvalue weighted by molar-refractivity contribution is 5.82. The molecule has 1 aromatic rings. The fraction of sp³-hybridized carbons (Fsp3) is 0.471. The average molecular weight is 334 g/mol. The van der Waals surface area contributed by atoms with Gasteiger partial charge in [-0.25, -0.2) is 0 Å². The molecule has 130 valence electrons. The lowest BCUT2D eigenvalue weighted by molar-refractivity contribution is -0.137. The highest BCUT2D eigenvalue weighted by Crippen LogP contribution is 2.17. The highest BCUT2D eigenvalue weighted by atomic mass is 16.5. The summed E-state index contributed by atoms with van der Waals surface area (Å²) in [6, 6.07) is 9.09. The maximum atomic E-state index is 12.2. The van der Waals surface area contributed by atoms with Crippen LogP contribution >= 0.6 is 0 Å². The van der Waals surface area contributed by atoms with Crippen LogP contribution in [0.3, 0.4) is 0 Å². The van der Waals surface area contributed by atoms with Gasteiger partial charge in [0.25, 0.3) is 5.91 Å². The minimum absolute atomic E-state index is 0.0582. The van der Waals surface area contributed by atoms with Crippen LogP contribution in [0.5, 0.6) is 5.75 Å². The molecule has 0 bridgehead atoms. The third kappa shape index (κ3) is 5.57. The van der Waals surface area contributed by atoms with Crippen LogP contribution in [0, 0.1) is 5.92 Å². The van der Waals surface area contributed by atoms with Gasteiger partial charge >= 0.3 is 5.97 Å². The molecule has 1 saturated heterocycles. The van der Waals surface area contributed by atoms with E-state index in [1.54, 1.807) is 17.0 Å². The van der Waals surface area contributed by atoms with Gasteiger partial charge in [0.15, 0.2) is 6.61 Å². The summed E-state index contributed by atoms with van der Waals surface area (Å²) >= 11 is 0. The quantitative estimate of drug-likeness (QED) is 0.772. The van der Waals surface area contributed by atoms with Crippen molar-refractivity contribution >= 4 is 17.8 Å². The van der Waals surface area contributed by atoms with E-state index in [0.717, 1.165) is 6.42 Å². The first-order valence-corrected chi connectivity index (χ1v) is 8.01. The first-order chi connectivity index (χ1) is 11.6. The summed E-state index contributed by atoms with van der Waals surface area (Å²) in [5.74, 6) is -0.965. The van der Waals surface area contributed by atoms with Crippen molar-refractivity contribution in [2.75, 3.05) is 26.2 Å². The Bertz CT molecular complexity index is 576. The lowest BCUT2D eigenvalue weighted by Crippen LogP contribution is -2.47. The van der Waals surface area contributed by atoms with Gasteiger partial charge in [0.2, 0.25) is 5.91 Å². The van der Waals surface area contributed by atoms with E-state index < -0.39 is 5.97 Å². The molecule has 1 unspecified atom stereocenters. The van der Waals surface area contributed by atoms with Gasteiger partial charge in [-0.15, -0.1) is 0 Å². The van der Waals surface area contributed by atoms with Crippen molar-refractivity contribution in [1.82, 2.24) is 10.2 Å². The number of amides is 2. The molecule has 1 heterocycles. The first kappa shape index (κ1) is 17.8. The van der Waals surface area contributed by atoms with Crippen LogP contribution in [0.4, 0.5) is 0 Å². The standard InChI is InChI=1S/C17H22N2O5/c20-15(12-24-14-6-2-1-3-7-14)19-10-4-5-13(11-19)17(23)18-9-8-16(21)22/h1-3,6-7,13H,4-5,8-12H2,(H,18,23)(H,21,22). The van der Waals surface area contributed by atoms with Gasteiger partial charge in [0.1, 0.15) is 5.75 Å². The molecule has 1 aliphatic rings. The Hall–Kier alpha value is -2.57. The summed E-state index contributed by atoms with van der Waals surface area (Å²) < 4.78 is 5.45. The second-order valence-corrected chi connectivity index (χ2v) is 5.72. The molecular weight excluding hydrogens is 312 g/mol. The highest BCUT2D eigenvalue weighted by Gasteiger charge is 2.28. The SMILES string of the molecule is O=C(O)CCNC(=O)C1CCCN(C(=O)COc2ccccc2)C1. The molecule has 1 aliphatic heterocycles.